The lowest BCUT2D eigenvalue weighted by atomic mass is 9.98. The summed E-state index contributed by atoms with van der Waals surface area (Å²) in [5.74, 6) is -1.20. The van der Waals surface area contributed by atoms with Crippen LogP contribution in [-0.2, 0) is 25.9 Å². The van der Waals surface area contributed by atoms with Gasteiger partial charge < -0.3 is 9.47 Å². The lowest BCUT2D eigenvalue weighted by molar-refractivity contribution is 0.0592. The van der Waals surface area contributed by atoms with Crippen LogP contribution in [0.4, 0.5) is 5.69 Å². The van der Waals surface area contributed by atoms with Gasteiger partial charge in [0.05, 0.1) is 25.5 Å². The zero-order chi connectivity index (χ0) is 18.9. The number of rotatable bonds is 4. The maximum absolute atomic E-state index is 13.2. The minimum atomic E-state index is -3.98. The topological polar surface area (TPSA) is 90.0 Å². The van der Waals surface area contributed by atoms with Crippen LogP contribution in [-0.4, -0.2) is 41.1 Å². The summed E-state index contributed by atoms with van der Waals surface area (Å²) in [6, 6.07) is 6.28. The number of esters is 2. The molecule has 3 rings (SSSR count). The third kappa shape index (κ3) is 2.97. The first-order chi connectivity index (χ1) is 12.4. The van der Waals surface area contributed by atoms with Crippen LogP contribution in [0.5, 0.6) is 0 Å². The number of nitrogens with zero attached hydrogens (tertiary/aromatic N) is 1. The number of benzene rings is 1. The summed E-state index contributed by atoms with van der Waals surface area (Å²) in [5.41, 5.74) is 1.41. The predicted octanol–water partition coefficient (Wildman–Crippen LogP) is 2.46. The molecule has 0 aliphatic carbocycles. The van der Waals surface area contributed by atoms with Gasteiger partial charge in [0.15, 0.2) is 0 Å². The van der Waals surface area contributed by atoms with Gasteiger partial charge in [0.1, 0.15) is 9.77 Å². The molecule has 0 spiro atoms. The molecule has 0 atom stereocenters. The molecule has 138 valence electrons. The number of carbonyl (C=O) groups excluding carboxylic acids is 2. The van der Waals surface area contributed by atoms with Gasteiger partial charge in [-0.25, -0.2) is 18.0 Å². The van der Waals surface area contributed by atoms with E-state index in [1.54, 1.807) is 18.2 Å². The Kier molecular flexibility index (Phi) is 5.01. The fraction of sp³-hybridized carbons (Fsp3) is 0.294. The van der Waals surface area contributed by atoms with Crippen molar-refractivity contribution in [2.75, 3.05) is 25.1 Å². The zero-order valence-electron chi connectivity index (χ0n) is 14.2. The van der Waals surface area contributed by atoms with Crippen molar-refractivity contribution in [2.24, 2.45) is 0 Å². The third-order valence-corrected chi connectivity index (χ3v) is 7.06. The van der Waals surface area contributed by atoms with Crippen molar-refractivity contribution in [3.63, 3.8) is 0 Å². The van der Waals surface area contributed by atoms with Gasteiger partial charge in [-0.05, 0) is 42.0 Å². The van der Waals surface area contributed by atoms with E-state index in [1.807, 2.05) is 0 Å². The molecule has 0 bridgehead atoms. The van der Waals surface area contributed by atoms with E-state index in [2.05, 4.69) is 4.74 Å². The Morgan fingerprint density at radius 2 is 1.85 bits per heavy atom. The Labute approximate surface area is 155 Å². The summed E-state index contributed by atoms with van der Waals surface area (Å²) < 4.78 is 37.1. The number of ether oxygens (including phenoxy) is 2. The fourth-order valence-electron chi connectivity index (χ4n) is 3.00. The maximum Gasteiger partial charge on any atom is 0.349 e. The Bertz CT molecular complexity index is 963. The standard InChI is InChI=1S/C17H17NO6S2/c1-23-16(19)12-5-3-7-13-11(12)6-4-9-18(13)26(21,22)14-8-10-25-15(14)17(20)24-2/h3,5,7-8,10H,4,6,9H2,1-2H3. The summed E-state index contributed by atoms with van der Waals surface area (Å²) >= 11 is 1.01. The number of fused-ring (bicyclic) bond motifs is 1. The van der Waals surface area contributed by atoms with Crippen molar-refractivity contribution < 1.29 is 27.5 Å². The summed E-state index contributed by atoms with van der Waals surface area (Å²) in [5, 5.41) is 1.54. The molecule has 0 saturated carbocycles. The second-order valence-corrected chi connectivity index (χ2v) is 8.33. The highest BCUT2D eigenvalue weighted by Gasteiger charge is 2.34. The van der Waals surface area contributed by atoms with Gasteiger partial charge in [0, 0.05) is 6.54 Å². The van der Waals surface area contributed by atoms with Gasteiger partial charge in [0.2, 0.25) is 0 Å². The molecule has 0 fully saturated rings. The van der Waals surface area contributed by atoms with E-state index in [9.17, 15) is 18.0 Å². The third-order valence-electron chi connectivity index (χ3n) is 4.18. The van der Waals surface area contributed by atoms with Gasteiger partial charge in [-0.15, -0.1) is 11.3 Å². The number of methoxy groups -OCH3 is 2. The molecule has 1 aromatic heterocycles. The number of hydrogen-bond donors (Lipinski definition) is 0. The minimum absolute atomic E-state index is 0.0312. The maximum atomic E-state index is 13.2. The van der Waals surface area contributed by atoms with E-state index in [4.69, 9.17) is 4.74 Å². The van der Waals surface area contributed by atoms with E-state index < -0.39 is 22.0 Å². The van der Waals surface area contributed by atoms with Gasteiger partial charge in [0.25, 0.3) is 10.0 Å². The Morgan fingerprint density at radius 3 is 2.54 bits per heavy atom. The smallest absolute Gasteiger partial charge is 0.349 e. The summed E-state index contributed by atoms with van der Waals surface area (Å²) in [6.45, 7) is 0.260. The average molecular weight is 395 g/mol. The van der Waals surface area contributed by atoms with Crippen LogP contribution in [0.3, 0.4) is 0 Å². The molecule has 1 aromatic carbocycles. The lowest BCUT2D eigenvalue weighted by Crippen LogP contribution is -2.36. The molecular formula is C17H17NO6S2. The number of hydrogen-bond acceptors (Lipinski definition) is 7. The number of anilines is 1. The number of carbonyl (C=O) groups is 2. The highest BCUT2D eigenvalue weighted by Crippen LogP contribution is 2.36. The van der Waals surface area contributed by atoms with Crippen molar-refractivity contribution >= 4 is 39.0 Å². The first-order valence-corrected chi connectivity index (χ1v) is 10.1. The Balaban J connectivity index is 2.12. The summed E-state index contributed by atoms with van der Waals surface area (Å²) in [6.07, 6.45) is 1.12. The van der Waals surface area contributed by atoms with E-state index in [0.29, 0.717) is 29.7 Å². The van der Waals surface area contributed by atoms with Gasteiger partial charge in [-0.1, -0.05) is 6.07 Å². The van der Waals surface area contributed by atoms with Crippen molar-refractivity contribution in [2.45, 2.75) is 17.7 Å². The Hall–Kier alpha value is -2.39. The minimum Gasteiger partial charge on any atom is -0.465 e. The molecule has 0 amide bonds. The first-order valence-electron chi connectivity index (χ1n) is 7.80. The highest BCUT2D eigenvalue weighted by molar-refractivity contribution is 7.93. The molecule has 2 heterocycles. The van der Waals surface area contributed by atoms with Crippen LogP contribution >= 0.6 is 11.3 Å². The molecule has 26 heavy (non-hydrogen) atoms. The molecule has 1 aliphatic rings. The number of sulfonamides is 1. The van der Waals surface area contributed by atoms with Crippen LogP contribution in [0, 0.1) is 0 Å². The molecular weight excluding hydrogens is 378 g/mol. The van der Waals surface area contributed by atoms with E-state index >= 15 is 0 Å². The van der Waals surface area contributed by atoms with E-state index in [1.165, 1.54) is 30.0 Å². The number of thiophene rings is 1. The molecule has 1 aliphatic heterocycles. The summed E-state index contributed by atoms with van der Waals surface area (Å²) in [4.78, 5) is 23.8. The van der Waals surface area contributed by atoms with Gasteiger partial charge >= 0.3 is 11.9 Å². The van der Waals surface area contributed by atoms with Crippen LogP contribution in [0.25, 0.3) is 0 Å². The van der Waals surface area contributed by atoms with Gasteiger partial charge in [-0.2, -0.15) is 0 Å². The molecule has 0 N–H and O–H groups in total. The molecule has 2 aromatic rings. The van der Waals surface area contributed by atoms with Crippen LogP contribution in [0.2, 0.25) is 0 Å². The molecule has 0 unspecified atom stereocenters. The predicted molar refractivity (Wildman–Crippen MR) is 96.3 cm³/mol. The average Bonchev–Trinajstić information content (AvgIpc) is 3.16. The second kappa shape index (κ2) is 7.08. The monoisotopic (exact) mass is 395 g/mol. The Morgan fingerprint density at radius 1 is 1.12 bits per heavy atom. The molecule has 7 nitrogen and oxygen atoms in total. The lowest BCUT2D eigenvalue weighted by Gasteiger charge is -2.31. The quantitative estimate of drug-likeness (QED) is 0.739. The fourth-order valence-corrected chi connectivity index (χ4v) is 5.85. The normalized spacial score (nSPS) is 13.8. The van der Waals surface area contributed by atoms with Crippen molar-refractivity contribution in [3.8, 4) is 0 Å². The SMILES string of the molecule is COC(=O)c1cccc2c1CCCN2S(=O)(=O)c1ccsc1C(=O)OC. The summed E-state index contributed by atoms with van der Waals surface area (Å²) in [7, 11) is -1.49. The van der Waals surface area contributed by atoms with Crippen molar-refractivity contribution in [3.05, 3.63) is 45.6 Å². The molecule has 9 heteroatoms. The molecule has 0 radical (unpaired) electrons. The van der Waals surface area contributed by atoms with Crippen LogP contribution in [0.1, 0.15) is 32.0 Å². The van der Waals surface area contributed by atoms with Crippen LogP contribution < -0.4 is 4.31 Å². The van der Waals surface area contributed by atoms with Crippen molar-refractivity contribution in [1.29, 1.82) is 0 Å². The highest BCUT2D eigenvalue weighted by atomic mass is 32.2. The largest absolute Gasteiger partial charge is 0.465 e. The van der Waals surface area contributed by atoms with E-state index in [0.717, 1.165) is 11.3 Å². The zero-order valence-corrected chi connectivity index (χ0v) is 15.9. The second-order valence-electron chi connectivity index (χ2n) is 5.58. The van der Waals surface area contributed by atoms with Crippen LogP contribution in [0.15, 0.2) is 34.5 Å². The molecule has 0 saturated heterocycles. The van der Waals surface area contributed by atoms with Crippen molar-refractivity contribution in [1.82, 2.24) is 0 Å². The van der Waals surface area contributed by atoms with E-state index in [-0.39, 0.29) is 16.3 Å². The first kappa shape index (κ1) is 18.4. The van der Waals surface area contributed by atoms with Gasteiger partial charge in [-0.3, -0.25) is 4.31 Å².